The predicted octanol–water partition coefficient (Wildman–Crippen LogP) is 6.04. The zero-order valence-corrected chi connectivity index (χ0v) is 23.5. The standard InChI is InChI=1S/C30H33F3N4O3/c1-17(2)28(39)37-10-9-19(13-29(37,3)4)22-16-36(5)27-25(22)26(30(31,32)33)21(15-35-27)12-23(38)18-7-8-24(40-6)20(11-18)14-34/h7-8,11,15-17,19H,9-10,12-13H2,1-6H3/t19-/m1/s1. The molecule has 212 valence electrons. The molecule has 1 atom stereocenters. The molecule has 3 aromatic rings. The molecule has 3 heterocycles. The van der Waals surface area contributed by atoms with Gasteiger partial charge in [-0.25, -0.2) is 4.98 Å². The first-order valence-corrected chi connectivity index (χ1v) is 13.2. The second-order valence-electron chi connectivity index (χ2n) is 11.3. The number of alkyl halides is 3. The van der Waals surface area contributed by atoms with E-state index >= 15 is 0 Å². The normalized spacial score (nSPS) is 17.2. The van der Waals surface area contributed by atoms with Crippen molar-refractivity contribution in [1.82, 2.24) is 14.5 Å². The second-order valence-corrected chi connectivity index (χ2v) is 11.3. The monoisotopic (exact) mass is 554 g/mol. The number of rotatable bonds is 6. The van der Waals surface area contributed by atoms with E-state index in [1.165, 1.54) is 25.3 Å². The Balaban J connectivity index is 1.78. The van der Waals surface area contributed by atoms with Crippen LogP contribution in [-0.2, 0) is 24.4 Å². The number of aromatic nitrogens is 2. The van der Waals surface area contributed by atoms with E-state index in [0.717, 1.165) is 6.20 Å². The van der Waals surface area contributed by atoms with Gasteiger partial charge in [-0.05, 0) is 61.9 Å². The van der Waals surface area contributed by atoms with Gasteiger partial charge in [0.1, 0.15) is 17.5 Å². The number of ketones is 1. The maximum atomic E-state index is 14.8. The maximum absolute atomic E-state index is 14.8. The number of carbonyl (C=O) groups is 2. The van der Waals surface area contributed by atoms with Crippen molar-refractivity contribution in [3.05, 3.63) is 58.4 Å². The van der Waals surface area contributed by atoms with Gasteiger partial charge >= 0.3 is 6.18 Å². The highest BCUT2D eigenvalue weighted by Crippen LogP contribution is 2.45. The first-order valence-electron chi connectivity index (χ1n) is 13.2. The number of hydrogen-bond donors (Lipinski definition) is 0. The fraction of sp³-hybridized carbons (Fsp3) is 0.467. The highest BCUT2D eigenvalue weighted by Gasteiger charge is 2.42. The lowest BCUT2D eigenvalue weighted by Gasteiger charge is -2.46. The van der Waals surface area contributed by atoms with Crippen LogP contribution in [0.4, 0.5) is 13.2 Å². The number of Topliss-reactive ketones (excluding diaryl/α,β-unsaturated/α-hetero) is 1. The Morgan fingerprint density at radius 2 is 1.98 bits per heavy atom. The summed E-state index contributed by atoms with van der Waals surface area (Å²) >= 11 is 0. The molecule has 1 fully saturated rings. The van der Waals surface area contributed by atoms with Crippen LogP contribution in [0.3, 0.4) is 0 Å². The molecule has 1 aromatic carbocycles. The van der Waals surface area contributed by atoms with Crippen LogP contribution in [-0.4, -0.2) is 45.3 Å². The topological polar surface area (TPSA) is 88.2 Å². The number of fused-ring (bicyclic) bond motifs is 1. The molecule has 0 unspecified atom stereocenters. The molecule has 10 heteroatoms. The molecule has 1 saturated heterocycles. The van der Waals surface area contributed by atoms with Crippen LogP contribution < -0.4 is 4.74 Å². The van der Waals surface area contributed by atoms with Crippen LogP contribution in [0.2, 0.25) is 0 Å². The number of piperidine rings is 1. The Morgan fingerprint density at radius 1 is 1.27 bits per heavy atom. The molecule has 0 bridgehead atoms. The number of ether oxygens (including phenoxy) is 1. The van der Waals surface area contributed by atoms with Gasteiger partial charge in [-0.15, -0.1) is 0 Å². The lowest BCUT2D eigenvalue weighted by Crippen LogP contribution is -2.53. The number of nitrogens with zero attached hydrogens (tertiary/aromatic N) is 4. The van der Waals surface area contributed by atoms with E-state index in [0.29, 0.717) is 24.9 Å². The van der Waals surface area contributed by atoms with Crippen LogP contribution in [0, 0.1) is 17.2 Å². The Hall–Kier alpha value is -3.87. The van der Waals surface area contributed by atoms with Gasteiger partial charge in [-0.1, -0.05) is 13.8 Å². The minimum Gasteiger partial charge on any atom is -0.495 e. The number of amides is 1. The third kappa shape index (κ3) is 5.29. The van der Waals surface area contributed by atoms with E-state index in [1.54, 1.807) is 17.8 Å². The molecule has 0 spiro atoms. The first-order chi connectivity index (χ1) is 18.7. The molecule has 1 amide bonds. The van der Waals surface area contributed by atoms with Crippen molar-refractivity contribution < 1.29 is 27.5 Å². The third-order valence-electron chi connectivity index (χ3n) is 7.75. The zero-order valence-electron chi connectivity index (χ0n) is 23.5. The SMILES string of the molecule is COc1ccc(C(=O)Cc2cnc3c(c([C@@H]4CCN(C(=O)C(C)C)C(C)(C)C4)cn3C)c2C(F)(F)F)cc1C#N. The minimum atomic E-state index is -4.74. The van der Waals surface area contributed by atoms with E-state index in [2.05, 4.69) is 4.98 Å². The molecule has 1 aliphatic rings. The molecule has 1 aliphatic heterocycles. The Labute approximate surface area is 231 Å². The van der Waals surface area contributed by atoms with E-state index in [9.17, 15) is 28.0 Å². The van der Waals surface area contributed by atoms with Gasteiger partial charge in [0.2, 0.25) is 5.91 Å². The summed E-state index contributed by atoms with van der Waals surface area (Å²) in [5, 5.41) is 9.36. The fourth-order valence-electron chi connectivity index (χ4n) is 5.82. The number of benzene rings is 1. The molecule has 4 rings (SSSR count). The molecular formula is C30H33F3N4O3. The molecule has 7 nitrogen and oxygen atoms in total. The van der Waals surface area contributed by atoms with Crippen molar-refractivity contribution in [3.63, 3.8) is 0 Å². The van der Waals surface area contributed by atoms with Crippen LogP contribution in [0.5, 0.6) is 5.75 Å². The Bertz CT molecular complexity index is 1520. The van der Waals surface area contributed by atoms with Gasteiger partial charge in [0.15, 0.2) is 5.78 Å². The molecule has 0 saturated carbocycles. The van der Waals surface area contributed by atoms with Gasteiger partial charge in [-0.3, -0.25) is 9.59 Å². The number of hydrogen-bond acceptors (Lipinski definition) is 5. The summed E-state index contributed by atoms with van der Waals surface area (Å²) in [5.74, 6) is -0.674. The number of halogens is 3. The molecule has 0 aliphatic carbocycles. The Morgan fingerprint density at radius 3 is 2.55 bits per heavy atom. The number of pyridine rings is 1. The number of aryl methyl sites for hydroxylation is 1. The zero-order chi connectivity index (χ0) is 29.6. The number of likely N-dealkylation sites (tertiary alicyclic amines) is 1. The van der Waals surface area contributed by atoms with Gasteiger partial charge in [-0.2, -0.15) is 18.4 Å². The van der Waals surface area contributed by atoms with E-state index < -0.39 is 29.5 Å². The minimum absolute atomic E-state index is 0.00261. The fourth-order valence-corrected chi connectivity index (χ4v) is 5.82. The molecule has 0 radical (unpaired) electrons. The lowest BCUT2D eigenvalue weighted by atomic mass is 9.78. The van der Waals surface area contributed by atoms with Crippen LogP contribution in [0.15, 0.2) is 30.6 Å². The van der Waals surface area contributed by atoms with Crippen molar-refractivity contribution in [3.8, 4) is 11.8 Å². The third-order valence-corrected chi connectivity index (χ3v) is 7.75. The quantitative estimate of drug-likeness (QED) is 0.347. The van der Waals surface area contributed by atoms with Crippen molar-refractivity contribution in [1.29, 1.82) is 5.26 Å². The average molecular weight is 555 g/mol. The predicted molar refractivity (Wildman–Crippen MR) is 144 cm³/mol. The average Bonchev–Trinajstić information content (AvgIpc) is 3.22. The molecule has 0 N–H and O–H groups in total. The molecule has 40 heavy (non-hydrogen) atoms. The summed E-state index contributed by atoms with van der Waals surface area (Å²) < 4.78 is 51.0. The van der Waals surface area contributed by atoms with Crippen LogP contribution in [0.1, 0.15) is 79.1 Å². The largest absolute Gasteiger partial charge is 0.495 e. The second kappa shape index (κ2) is 10.6. The maximum Gasteiger partial charge on any atom is 0.417 e. The lowest BCUT2D eigenvalue weighted by molar-refractivity contribution is -0.142. The summed E-state index contributed by atoms with van der Waals surface area (Å²) in [4.78, 5) is 32.1. The van der Waals surface area contributed by atoms with Crippen LogP contribution in [0.25, 0.3) is 11.0 Å². The smallest absolute Gasteiger partial charge is 0.417 e. The van der Waals surface area contributed by atoms with Crippen molar-refractivity contribution in [2.24, 2.45) is 13.0 Å². The summed E-state index contributed by atoms with van der Waals surface area (Å²) in [6, 6.07) is 6.14. The van der Waals surface area contributed by atoms with Gasteiger partial charge in [0.25, 0.3) is 0 Å². The number of carbonyl (C=O) groups excluding carboxylic acids is 2. The van der Waals surface area contributed by atoms with Crippen molar-refractivity contribution in [2.75, 3.05) is 13.7 Å². The van der Waals surface area contributed by atoms with E-state index in [-0.39, 0.29) is 51.2 Å². The summed E-state index contributed by atoms with van der Waals surface area (Å²) in [5.41, 5.74) is -0.692. The molecular weight excluding hydrogens is 521 g/mol. The molecule has 2 aromatic heterocycles. The van der Waals surface area contributed by atoms with Crippen molar-refractivity contribution >= 4 is 22.7 Å². The summed E-state index contributed by atoms with van der Waals surface area (Å²) in [7, 11) is 3.05. The number of methoxy groups -OCH3 is 1. The number of nitriles is 1. The van der Waals surface area contributed by atoms with Gasteiger partial charge < -0.3 is 14.2 Å². The van der Waals surface area contributed by atoms with E-state index in [4.69, 9.17) is 4.74 Å². The van der Waals surface area contributed by atoms with Gasteiger partial charge in [0.05, 0.1) is 18.2 Å². The van der Waals surface area contributed by atoms with Crippen LogP contribution >= 0.6 is 0 Å². The summed E-state index contributed by atoms with van der Waals surface area (Å²) in [6.07, 6.45) is -1.44. The van der Waals surface area contributed by atoms with E-state index in [1.807, 2.05) is 38.7 Å². The summed E-state index contributed by atoms with van der Waals surface area (Å²) in [6.45, 7) is 8.01. The first kappa shape index (κ1) is 29.1. The highest BCUT2D eigenvalue weighted by atomic mass is 19.4. The highest BCUT2D eigenvalue weighted by molar-refractivity contribution is 5.99. The van der Waals surface area contributed by atoms with Crippen molar-refractivity contribution in [2.45, 2.75) is 64.6 Å². The Kier molecular flexibility index (Phi) is 7.72. The van der Waals surface area contributed by atoms with Gasteiger partial charge in [0, 0.05) is 54.8 Å².